The highest BCUT2D eigenvalue weighted by molar-refractivity contribution is 5.57. The molecule has 0 aromatic heterocycles. The van der Waals surface area contributed by atoms with Crippen LogP contribution in [0.25, 0.3) is 0 Å². The second-order valence-corrected chi connectivity index (χ2v) is 5.09. The SMILES string of the molecule is NOCC1CCN(c2ccc3c(c2)OCCO3)CC1. The van der Waals surface area contributed by atoms with Crippen molar-refractivity contribution in [2.24, 2.45) is 11.8 Å². The smallest absolute Gasteiger partial charge is 0.163 e. The summed E-state index contributed by atoms with van der Waals surface area (Å²) < 4.78 is 11.2. The first-order valence-corrected chi connectivity index (χ1v) is 6.83. The first-order chi connectivity index (χ1) is 9.36. The molecule has 0 unspecified atom stereocenters. The zero-order valence-corrected chi connectivity index (χ0v) is 11.0. The molecule has 1 aromatic rings. The summed E-state index contributed by atoms with van der Waals surface area (Å²) in [5.41, 5.74) is 1.20. The minimum atomic E-state index is 0.582. The van der Waals surface area contributed by atoms with E-state index in [-0.39, 0.29) is 0 Å². The van der Waals surface area contributed by atoms with Crippen LogP contribution in [0.1, 0.15) is 12.8 Å². The Morgan fingerprint density at radius 1 is 1.16 bits per heavy atom. The summed E-state index contributed by atoms with van der Waals surface area (Å²) in [7, 11) is 0. The van der Waals surface area contributed by atoms with E-state index in [1.165, 1.54) is 5.69 Å². The van der Waals surface area contributed by atoms with Crippen molar-refractivity contribution in [1.29, 1.82) is 0 Å². The van der Waals surface area contributed by atoms with Gasteiger partial charge in [0.1, 0.15) is 13.2 Å². The molecule has 0 saturated carbocycles. The number of anilines is 1. The molecule has 1 aromatic carbocycles. The predicted molar refractivity (Wildman–Crippen MR) is 72.5 cm³/mol. The van der Waals surface area contributed by atoms with Crippen LogP contribution in [0.3, 0.4) is 0 Å². The van der Waals surface area contributed by atoms with Gasteiger partial charge in [-0.25, -0.2) is 5.90 Å². The fourth-order valence-corrected chi connectivity index (χ4v) is 2.72. The molecular formula is C14H20N2O3. The van der Waals surface area contributed by atoms with Crippen LogP contribution >= 0.6 is 0 Å². The average Bonchev–Trinajstić information content (AvgIpc) is 2.48. The number of nitrogens with two attached hydrogens (primary N) is 1. The van der Waals surface area contributed by atoms with Gasteiger partial charge < -0.3 is 19.2 Å². The van der Waals surface area contributed by atoms with E-state index < -0.39 is 0 Å². The maximum atomic E-state index is 5.63. The molecule has 2 N–H and O–H groups in total. The Morgan fingerprint density at radius 3 is 2.63 bits per heavy atom. The first-order valence-electron chi connectivity index (χ1n) is 6.83. The number of rotatable bonds is 3. The summed E-state index contributed by atoms with van der Waals surface area (Å²) in [5, 5.41) is 0. The van der Waals surface area contributed by atoms with Gasteiger partial charge in [-0.05, 0) is 30.9 Å². The van der Waals surface area contributed by atoms with Gasteiger partial charge in [-0.1, -0.05) is 0 Å². The van der Waals surface area contributed by atoms with E-state index in [9.17, 15) is 0 Å². The van der Waals surface area contributed by atoms with Crippen molar-refractivity contribution in [2.45, 2.75) is 12.8 Å². The lowest BCUT2D eigenvalue weighted by Crippen LogP contribution is -2.35. The molecule has 2 heterocycles. The molecular weight excluding hydrogens is 244 g/mol. The van der Waals surface area contributed by atoms with Crippen LogP contribution in [0.2, 0.25) is 0 Å². The van der Waals surface area contributed by atoms with E-state index in [0.717, 1.165) is 37.4 Å². The lowest BCUT2D eigenvalue weighted by molar-refractivity contribution is 0.0918. The molecule has 2 aliphatic heterocycles. The van der Waals surface area contributed by atoms with E-state index in [1.54, 1.807) is 0 Å². The van der Waals surface area contributed by atoms with Crippen molar-refractivity contribution >= 4 is 5.69 Å². The molecule has 5 nitrogen and oxygen atoms in total. The molecule has 0 amide bonds. The standard InChI is InChI=1S/C14H20N2O3/c15-19-10-11-3-5-16(6-4-11)12-1-2-13-14(9-12)18-8-7-17-13/h1-2,9,11H,3-8,10,15H2. The lowest BCUT2D eigenvalue weighted by atomic mass is 9.97. The van der Waals surface area contributed by atoms with Crippen LogP contribution in [-0.2, 0) is 4.84 Å². The average molecular weight is 264 g/mol. The number of ether oxygens (including phenoxy) is 2. The fraction of sp³-hybridized carbons (Fsp3) is 0.571. The topological polar surface area (TPSA) is 57.0 Å². The fourth-order valence-electron chi connectivity index (χ4n) is 2.72. The van der Waals surface area contributed by atoms with Crippen molar-refractivity contribution in [3.8, 4) is 11.5 Å². The molecule has 0 atom stereocenters. The normalized spacial score (nSPS) is 19.5. The van der Waals surface area contributed by atoms with Gasteiger partial charge in [-0.3, -0.25) is 0 Å². The molecule has 0 radical (unpaired) electrons. The van der Waals surface area contributed by atoms with Gasteiger partial charge in [0.25, 0.3) is 0 Å². The van der Waals surface area contributed by atoms with Crippen LogP contribution in [0, 0.1) is 5.92 Å². The second kappa shape index (κ2) is 5.67. The van der Waals surface area contributed by atoms with Gasteiger partial charge in [0.15, 0.2) is 11.5 Å². The monoisotopic (exact) mass is 264 g/mol. The number of hydrogen-bond acceptors (Lipinski definition) is 5. The Balaban J connectivity index is 1.66. The van der Waals surface area contributed by atoms with E-state index in [4.69, 9.17) is 20.2 Å². The van der Waals surface area contributed by atoms with Crippen LogP contribution in [0.15, 0.2) is 18.2 Å². The third kappa shape index (κ3) is 2.77. The highest BCUT2D eigenvalue weighted by atomic mass is 16.6. The Bertz CT molecular complexity index is 431. The highest BCUT2D eigenvalue weighted by Gasteiger charge is 2.21. The molecule has 5 heteroatoms. The summed E-state index contributed by atoms with van der Waals surface area (Å²) in [4.78, 5) is 7.12. The van der Waals surface area contributed by atoms with E-state index in [1.807, 2.05) is 6.07 Å². The minimum absolute atomic E-state index is 0.582. The number of nitrogens with zero attached hydrogens (tertiary/aromatic N) is 1. The third-order valence-electron chi connectivity index (χ3n) is 3.84. The van der Waals surface area contributed by atoms with E-state index >= 15 is 0 Å². The summed E-state index contributed by atoms with van der Waals surface area (Å²) in [6.07, 6.45) is 2.23. The van der Waals surface area contributed by atoms with Gasteiger partial charge in [0.2, 0.25) is 0 Å². The Morgan fingerprint density at radius 2 is 1.89 bits per heavy atom. The van der Waals surface area contributed by atoms with Crippen molar-refractivity contribution in [2.75, 3.05) is 37.8 Å². The molecule has 0 spiro atoms. The molecule has 19 heavy (non-hydrogen) atoms. The van der Waals surface area contributed by atoms with Gasteiger partial charge in [0, 0.05) is 24.8 Å². The summed E-state index contributed by atoms with van der Waals surface area (Å²) in [6.45, 7) is 4.00. The zero-order chi connectivity index (χ0) is 13.1. The van der Waals surface area contributed by atoms with Crippen molar-refractivity contribution in [1.82, 2.24) is 0 Å². The Kier molecular flexibility index (Phi) is 3.75. The third-order valence-corrected chi connectivity index (χ3v) is 3.84. The van der Waals surface area contributed by atoms with E-state index in [0.29, 0.717) is 25.7 Å². The van der Waals surface area contributed by atoms with Crippen molar-refractivity contribution in [3.63, 3.8) is 0 Å². The number of fused-ring (bicyclic) bond motifs is 1. The van der Waals surface area contributed by atoms with Crippen LogP contribution < -0.4 is 20.3 Å². The number of piperidine rings is 1. The lowest BCUT2D eigenvalue weighted by Gasteiger charge is -2.33. The molecule has 104 valence electrons. The maximum Gasteiger partial charge on any atom is 0.163 e. The number of hydrogen-bond donors (Lipinski definition) is 1. The van der Waals surface area contributed by atoms with Crippen LogP contribution in [-0.4, -0.2) is 32.9 Å². The molecule has 1 saturated heterocycles. The molecule has 1 fully saturated rings. The van der Waals surface area contributed by atoms with Crippen LogP contribution in [0.4, 0.5) is 5.69 Å². The van der Waals surface area contributed by atoms with Crippen molar-refractivity contribution in [3.05, 3.63) is 18.2 Å². The van der Waals surface area contributed by atoms with Gasteiger partial charge in [-0.15, -0.1) is 0 Å². The molecule has 2 aliphatic rings. The van der Waals surface area contributed by atoms with Gasteiger partial charge in [-0.2, -0.15) is 0 Å². The maximum absolute atomic E-state index is 5.63. The zero-order valence-electron chi connectivity index (χ0n) is 11.0. The predicted octanol–water partition coefficient (Wildman–Crippen LogP) is 1.56. The summed E-state index contributed by atoms with van der Waals surface area (Å²) >= 11 is 0. The highest BCUT2D eigenvalue weighted by Crippen LogP contribution is 2.35. The quantitative estimate of drug-likeness (QED) is 0.840. The Hall–Kier alpha value is -1.46. The second-order valence-electron chi connectivity index (χ2n) is 5.09. The van der Waals surface area contributed by atoms with Gasteiger partial charge in [0.05, 0.1) is 6.61 Å². The molecule has 0 bridgehead atoms. The summed E-state index contributed by atoms with van der Waals surface area (Å²) in [6, 6.07) is 6.18. The molecule has 3 rings (SSSR count). The van der Waals surface area contributed by atoms with E-state index in [2.05, 4.69) is 17.0 Å². The van der Waals surface area contributed by atoms with Crippen LogP contribution in [0.5, 0.6) is 11.5 Å². The molecule has 0 aliphatic carbocycles. The first kappa shape index (κ1) is 12.6. The largest absolute Gasteiger partial charge is 0.486 e. The number of benzene rings is 1. The van der Waals surface area contributed by atoms with Crippen molar-refractivity contribution < 1.29 is 14.3 Å². The summed E-state index contributed by atoms with van der Waals surface area (Å²) in [5.74, 6) is 7.43. The van der Waals surface area contributed by atoms with Gasteiger partial charge >= 0.3 is 0 Å². The minimum Gasteiger partial charge on any atom is -0.486 e. The Labute approximate surface area is 113 Å².